The van der Waals surface area contributed by atoms with E-state index in [-0.39, 0.29) is 19.0 Å². The molecule has 5 nitrogen and oxygen atoms in total. The molecule has 2 aromatic heterocycles. The first kappa shape index (κ1) is 12.5. The van der Waals surface area contributed by atoms with Gasteiger partial charge in [-0.1, -0.05) is 23.4 Å². The van der Waals surface area contributed by atoms with Crippen LogP contribution in [0.1, 0.15) is 17.0 Å². The van der Waals surface area contributed by atoms with E-state index in [1.165, 1.54) is 0 Å². The van der Waals surface area contributed by atoms with Crippen molar-refractivity contribution >= 4 is 16.9 Å². The van der Waals surface area contributed by atoms with Crippen molar-refractivity contribution in [2.24, 2.45) is 0 Å². The van der Waals surface area contributed by atoms with Crippen LogP contribution in [0.4, 0.5) is 0 Å². The number of aryl methyl sites for hydroxylation is 1. The van der Waals surface area contributed by atoms with Gasteiger partial charge in [-0.15, -0.1) is 0 Å². The van der Waals surface area contributed by atoms with Gasteiger partial charge in [0.2, 0.25) is 0 Å². The van der Waals surface area contributed by atoms with E-state index in [1.54, 1.807) is 13.0 Å². The highest BCUT2D eigenvalue weighted by Gasteiger charge is 2.10. The van der Waals surface area contributed by atoms with E-state index in [4.69, 9.17) is 9.26 Å². The molecule has 1 N–H and O–H groups in total. The number of aromatic amines is 1. The maximum absolute atomic E-state index is 11.8. The lowest BCUT2D eigenvalue weighted by Gasteiger charge is -2.01. The Morgan fingerprint density at radius 3 is 3.05 bits per heavy atom. The molecular formula is C15H14N2O3. The van der Waals surface area contributed by atoms with Crippen molar-refractivity contribution in [2.75, 3.05) is 0 Å². The number of para-hydroxylation sites is 1. The third-order valence-electron chi connectivity index (χ3n) is 3.07. The molecule has 0 fully saturated rings. The lowest BCUT2D eigenvalue weighted by Crippen LogP contribution is -2.07. The number of benzene rings is 1. The van der Waals surface area contributed by atoms with Gasteiger partial charge >= 0.3 is 5.97 Å². The zero-order valence-electron chi connectivity index (χ0n) is 11.1. The Kier molecular flexibility index (Phi) is 3.25. The maximum Gasteiger partial charge on any atom is 0.310 e. The number of nitrogens with one attached hydrogen (secondary N) is 1. The molecule has 3 aromatic rings. The lowest BCUT2D eigenvalue weighted by molar-refractivity contribution is -0.144. The molecule has 1 aromatic carbocycles. The number of hydrogen-bond acceptors (Lipinski definition) is 4. The maximum atomic E-state index is 11.8. The monoisotopic (exact) mass is 270 g/mol. The van der Waals surface area contributed by atoms with Gasteiger partial charge in [0, 0.05) is 23.2 Å². The van der Waals surface area contributed by atoms with E-state index in [2.05, 4.69) is 10.1 Å². The summed E-state index contributed by atoms with van der Waals surface area (Å²) in [5.74, 6) is 0.420. The fraction of sp³-hybridized carbons (Fsp3) is 0.200. The molecule has 0 atom stereocenters. The highest BCUT2D eigenvalue weighted by Crippen LogP contribution is 2.18. The third kappa shape index (κ3) is 2.56. The molecule has 0 spiro atoms. The Balaban J connectivity index is 1.64. The number of hydrogen-bond donors (Lipinski definition) is 1. The summed E-state index contributed by atoms with van der Waals surface area (Å²) in [6.45, 7) is 1.93. The summed E-state index contributed by atoms with van der Waals surface area (Å²) in [6, 6.07) is 9.60. The quantitative estimate of drug-likeness (QED) is 0.740. The minimum Gasteiger partial charge on any atom is -0.459 e. The van der Waals surface area contributed by atoms with Crippen LogP contribution in [-0.4, -0.2) is 16.1 Å². The molecular weight excluding hydrogens is 256 g/mol. The molecule has 3 rings (SSSR count). The molecule has 0 bridgehead atoms. The number of nitrogens with zero attached hydrogens (tertiary/aromatic N) is 1. The van der Waals surface area contributed by atoms with Crippen LogP contribution in [0.3, 0.4) is 0 Å². The second-order valence-corrected chi connectivity index (χ2v) is 4.63. The van der Waals surface area contributed by atoms with Gasteiger partial charge in [-0.2, -0.15) is 0 Å². The van der Waals surface area contributed by atoms with Gasteiger partial charge in [0.15, 0.2) is 0 Å². The van der Waals surface area contributed by atoms with E-state index >= 15 is 0 Å². The van der Waals surface area contributed by atoms with E-state index < -0.39 is 0 Å². The smallest absolute Gasteiger partial charge is 0.310 e. The summed E-state index contributed by atoms with van der Waals surface area (Å²) in [7, 11) is 0. The molecule has 0 aliphatic heterocycles. The molecule has 102 valence electrons. The van der Waals surface area contributed by atoms with Crippen molar-refractivity contribution < 1.29 is 14.1 Å². The Bertz CT molecular complexity index is 742. The minimum atomic E-state index is -0.282. The normalized spacial score (nSPS) is 10.8. The molecule has 0 amide bonds. The molecule has 20 heavy (non-hydrogen) atoms. The predicted octanol–water partition coefficient (Wildman–Crippen LogP) is 2.75. The van der Waals surface area contributed by atoms with E-state index in [0.717, 1.165) is 16.5 Å². The fourth-order valence-electron chi connectivity index (χ4n) is 2.12. The van der Waals surface area contributed by atoms with E-state index in [9.17, 15) is 4.79 Å². The number of aromatic nitrogens is 2. The summed E-state index contributed by atoms with van der Waals surface area (Å²) in [4.78, 5) is 15.0. The van der Waals surface area contributed by atoms with Crippen LogP contribution in [0.15, 0.2) is 41.1 Å². The number of H-pyrrole nitrogens is 1. The first-order valence-corrected chi connectivity index (χ1v) is 6.35. The molecule has 5 heteroatoms. The summed E-state index contributed by atoms with van der Waals surface area (Å²) >= 11 is 0. The molecule has 0 saturated heterocycles. The Morgan fingerprint density at radius 2 is 2.25 bits per heavy atom. The van der Waals surface area contributed by atoms with Crippen molar-refractivity contribution in [3.05, 3.63) is 53.5 Å². The first-order chi connectivity index (χ1) is 9.72. The SMILES string of the molecule is Cc1cc(COC(=O)Cc2c[nH]c3ccccc23)no1. The number of esters is 1. The molecule has 2 heterocycles. The van der Waals surface area contributed by atoms with Crippen LogP contribution >= 0.6 is 0 Å². The van der Waals surface area contributed by atoms with E-state index in [0.29, 0.717) is 11.5 Å². The van der Waals surface area contributed by atoms with Crippen LogP contribution in [0, 0.1) is 6.92 Å². The summed E-state index contributed by atoms with van der Waals surface area (Å²) in [6.07, 6.45) is 2.08. The second-order valence-electron chi connectivity index (χ2n) is 4.63. The van der Waals surface area contributed by atoms with Gasteiger partial charge < -0.3 is 14.2 Å². The third-order valence-corrected chi connectivity index (χ3v) is 3.07. The van der Waals surface area contributed by atoms with Crippen LogP contribution in [-0.2, 0) is 22.6 Å². The molecule has 0 aliphatic rings. The van der Waals surface area contributed by atoms with Gasteiger partial charge in [0.25, 0.3) is 0 Å². The molecule has 0 aliphatic carbocycles. The van der Waals surface area contributed by atoms with Gasteiger partial charge in [-0.3, -0.25) is 4.79 Å². The van der Waals surface area contributed by atoms with Crippen molar-refractivity contribution in [1.82, 2.24) is 10.1 Å². The average Bonchev–Trinajstić information content (AvgIpc) is 3.04. The van der Waals surface area contributed by atoms with Crippen molar-refractivity contribution in [2.45, 2.75) is 20.0 Å². The fourth-order valence-corrected chi connectivity index (χ4v) is 2.12. The van der Waals surface area contributed by atoms with Crippen LogP contribution in [0.25, 0.3) is 10.9 Å². The number of ether oxygens (including phenoxy) is 1. The number of carbonyl (C=O) groups excluding carboxylic acids is 1. The van der Waals surface area contributed by atoms with Gasteiger partial charge in [-0.25, -0.2) is 0 Å². The van der Waals surface area contributed by atoms with E-state index in [1.807, 2.05) is 30.5 Å². The number of fused-ring (bicyclic) bond motifs is 1. The van der Waals surface area contributed by atoms with Crippen molar-refractivity contribution in [1.29, 1.82) is 0 Å². The number of carbonyl (C=O) groups is 1. The largest absolute Gasteiger partial charge is 0.459 e. The second kappa shape index (κ2) is 5.21. The van der Waals surface area contributed by atoms with Gasteiger partial charge in [0.05, 0.1) is 6.42 Å². The molecule has 0 unspecified atom stereocenters. The molecule has 0 saturated carbocycles. The minimum absolute atomic E-state index is 0.137. The van der Waals surface area contributed by atoms with Crippen molar-refractivity contribution in [3.63, 3.8) is 0 Å². The summed E-state index contributed by atoms with van der Waals surface area (Å²) in [5, 5.41) is 4.82. The Labute approximate surface area is 115 Å². The van der Waals surface area contributed by atoms with Crippen LogP contribution < -0.4 is 0 Å². The standard InChI is InChI=1S/C15H14N2O3/c1-10-6-12(17-20-10)9-19-15(18)7-11-8-16-14-5-3-2-4-13(11)14/h2-6,8,16H,7,9H2,1H3. The Morgan fingerprint density at radius 1 is 1.40 bits per heavy atom. The van der Waals surface area contributed by atoms with Crippen LogP contribution in [0.5, 0.6) is 0 Å². The van der Waals surface area contributed by atoms with Gasteiger partial charge in [-0.05, 0) is 18.6 Å². The summed E-state index contributed by atoms with van der Waals surface area (Å²) in [5.41, 5.74) is 2.57. The van der Waals surface area contributed by atoms with Crippen molar-refractivity contribution in [3.8, 4) is 0 Å². The Hall–Kier alpha value is -2.56. The lowest BCUT2D eigenvalue weighted by atomic mass is 10.1. The average molecular weight is 270 g/mol. The molecule has 0 radical (unpaired) electrons. The first-order valence-electron chi connectivity index (χ1n) is 6.35. The topological polar surface area (TPSA) is 68.1 Å². The highest BCUT2D eigenvalue weighted by molar-refractivity contribution is 5.87. The van der Waals surface area contributed by atoms with Crippen LogP contribution in [0.2, 0.25) is 0 Å². The summed E-state index contributed by atoms with van der Waals surface area (Å²) < 4.78 is 10.1. The number of rotatable bonds is 4. The zero-order chi connectivity index (χ0) is 13.9. The highest BCUT2D eigenvalue weighted by atomic mass is 16.5. The predicted molar refractivity (Wildman–Crippen MR) is 73.0 cm³/mol. The zero-order valence-corrected chi connectivity index (χ0v) is 11.1. The van der Waals surface area contributed by atoms with Gasteiger partial charge in [0.1, 0.15) is 18.1 Å².